The highest BCUT2D eigenvalue weighted by molar-refractivity contribution is 5.92. The molecule has 1 aliphatic heterocycles. The van der Waals surface area contributed by atoms with E-state index in [-0.39, 0.29) is 18.6 Å². The second-order valence-corrected chi connectivity index (χ2v) is 4.90. The lowest BCUT2D eigenvalue weighted by Crippen LogP contribution is -2.40. The van der Waals surface area contributed by atoms with E-state index < -0.39 is 0 Å². The highest BCUT2D eigenvalue weighted by Crippen LogP contribution is 2.23. The summed E-state index contributed by atoms with van der Waals surface area (Å²) in [6.07, 6.45) is 1.05. The minimum Gasteiger partial charge on any atom is -0.395 e. The summed E-state index contributed by atoms with van der Waals surface area (Å²) in [6, 6.07) is 9.56. The molecule has 1 aliphatic rings. The number of hydrogen-bond acceptors (Lipinski definition) is 3. The number of para-hydroxylation sites is 1. The number of aliphatic hydroxyl groups excluding tert-OH is 1. The summed E-state index contributed by atoms with van der Waals surface area (Å²) in [5, 5.41) is 12.2. The zero-order valence-corrected chi connectivity index (χ0v) is 10.7. The van der Waals surface area contributed by atoms with Crippen LogP contribution in [0, 0.1) is 5.92 Å². The molecule has 1 heterocycles. The molecule has 2 unspecified atom stereocenters. The molecule has 1 saturated heterocycles. The van der Waals surface area contributed by atoms with Gasteiger partial charge < -0.3 is 10.4 Å². The zero-order valence-electron chi connectivity index (χ0n) is 10.7. The molecule has 0 aromatic heterocycles. The van der Waals surface area contributed by atoms with Crippen LogP contribution in [-0.2, 0) is 4.79 Å². The van der Waals surface area contributed by atoms with Crippen molar-refractivity contribution in [3.63, 3.8) is 0 Å². The number of nitrogens with zero attached hydrogens (tertiary/aromatic N) is 1. The van der Waals surface area contributed by atoms with E-state index in [1.807, 2.05) is 30.3 Å². The lowest BCUT2D eigenvalue weighted by Gasteiger charge is -2.24. The molecule has 1 aromatic rings. The molecule has 1 amide bonds. The fraction of sp³-hybridized carbons (Fsp3) is 0.500. The third kappa shape index (κ3) is 3.09. The molecule has 2 atom stereocenters. The van der Waals surface area contributed by atoms with Crippen LogP contribution in [-0.4, -0.2) is 41.7 Å². The van der Waals surface area contributed by atoms with Crippen molar-refractivity contribution in [1.82, 2.24) is 4.90 Å². The molecule has 4 nitrogen and oxygen atoms in total. The number of aliphatic hydroxyl groups is 1. The number of benzene rings is 1. The minimum absolute atomic E-state index is 0.0197. The minimum atomic E-state index is -0.0197. The molecular weight excluding hydrogens is 228 g/mol. The van der Waals surface area contributed by atoms with E-state index in [1.165, 1.54) is 0 Å². The SMILES string of the molecule is CC1CCN(CC(=O)Nc2ccccc2)C1CO. The molecule has 4 heteroatoms. The molecular formula is C14H20N2O2. The van der Waals surface area contributed by atoms with Crippen LogP contribution in [0.15, 0.2) is 30.3 Å². The van der Waals surface area contributed by atoms with Crippen molar-refractivity contribution in [2.24, 2.45) is 5.92 Å². The van der Waals surface area contributed by atoms with E-state index in [2.05, 4.69) is 17.1 Å². The monoisotopic (exact) mass is 248 g/mol. The van der Waals surface area contributed by atoms with Gasteiger partial charge in [0.2, 0.25) is 5.91 Å². The van der Waals surface area contributed by atoms with Crippen LogP contribution in [0.25, 0.3) is 0 Å². The number of nitrogens with one attached hydrogen (secondary N) is 1. The Kier molecular flexibility index (Phi) is 4.33. The lowest BCUT2D eigenvalue weighted by atomic mass is 10.0. The van der Waals surface area contributed by atoms with Gasteiger partial charge in [0.15, 0.2) is 0 Å². The maximum absolute atomic E-state index is 11.9. The Morgan fingerprint density at radius 1 is 1.44 bits per heavy atom. The quantitative estimate of drug-likeness (QED) is 0.845. The van der Waals surface area contributed by atoms with E-state index >= 15 is 0 Å². The Bertz CT molecular complexity index is 394. The second-order valence-electron chi connectivity index (χ2n) is 4.90. The molecule has 1 fully saturated rings. The van der Waals surface area contributed by atoms with Crippen molar-refractivity contribution in [3.05, 3.63) is 30.3 Å². The smallest absolute Gasteiger partial charge is 0.238 e. The average molecular weight is 248 g/mol. The van der Waals surface area contributed by atoms with Crippen LogP contribution >= 0.6 is 0 Å². The third-order valence-corrected chi connectivity index (χ3v) is 3.59. The Hall–Kier alpha value is -1.39. The third-order valence-electron chi connectivity index (χ3n) is 3.59. The van der Waals surface area contributed by atoms with Gasteiger partial charge in [-0.15, -0.1) is 0 Å². The largest absolute Gasteiger partial charge is 0.395 e. The van der Waals surface area contributed by atoms with Gasteiger partial charge in [0.25, 0.3) is 0 Å². The summed E-state index contributed by atoms with van der Waals surface area (Å²) in [7, 11) is 0. The predicted octanol–water partition coefficient (Wildman–Crippen LogP) is 1.33. The van der Waals surface area contributed by atoms with Crippen LogP contribution in [0.4, 0.5) is 5.69 Å². The number of carbonyl (C=O) groups is 1. The van der Waals surface area contributed by atoms with Gasteiger partial charge in [0.1, 0.15) is 0 Å². The summed E-state index contributed by atoms with van der Waals surface area (Å²) < 4.78 is 0. The first-order valence-corrected chi connectivity index (χ1v) is 6.40. The van der Waals surface area contributed by atoms with Gasteiger partial charge in [0.05, 0.1) is 13.2 Å². The number of carbonyl (C=O) groups excluding carboxylic acids is 1. The van der Waals surface area contributed by atoms with Crippen LogP contribution < -0.4 is 5.32 Å². The highest BCUT2D eigenvalue weighted by Gasteiger charge is 2.31. The van der Waals surface area contributed by atoms with E-state index in [0.29, 0.717) is 12.5 Å². The Morgan fingerprint density at radius 3 is 2.83 bits per heavy atom. The number of anilines is 1. The normalized spacial score (nSPS) is 24.1. The molecule has 0 aliphatic carbocycles. The summed E-state index contributed by atoms with van der Waals surface area (Å²) in [4.78, 5) is 14.0. The summed E-state index contributed by atoms with van der Waals surface area (Å²) in [5.74, 6) is 0.438. The van der Waals surface area contributed by atoms with Gasteiger partial charge >= 0.3 is 0 Å². The lowest BCUT2D eigenvalue weighted by molar-refractivity contribution is -0.117. The molecule has 2 N–H and O–H groups in total. The van der Waals surface area contributed by atoms with Crippen LogP contribution in [0.2, 0.25) is 0 Å². The topological polar surface area (TPSA) is 52.6 Å². The molecule has 0 spiro atoms. The number of likely N-dealkylation sites (tertiary alicyclic amines) is 1. The van der Waals surface area contributed by atoms with E-state index in [0.717, 1.165) is 18.7 Å². The molecule has 1 aromatic carbocycles. The van der Waals surface area contributed by atoms with Gasteiger partial charge in [-0.25, -0.2) is 0 Å². The molecule has 0 radical (unpaired) electrons. The number of rotatable bonds is 4. The molecule has 0 saturated carbocycles. The van der Waals surface area contributed by atoms with Crippen LogP contribution in [0.3, 0.4) is 0 Å². The Balaban J connectivity index is 1.88. The van der Waals surface area contributed by atoms with E-state index in [9.17, 15) is 9.90 Å². The van der Waals surface area contributed by atoms with Crippen molar-refractivity contribution in [2.45, 2.75) is 19.4 Å². The molecule has 0 bridgehead atoms. The van der Waals surface area contributed by atoms with Crippen molar-refractivity contribution in [1.29, 1.82) is 0 Å². The van der Waals surface area contributed by atoms with Crippen LogP contribution in [0.1, 0.15) is 13.3 Å². The standard InChI is InChI=1S/C14H20N2O2/c1-11-7-8-16(13(11)10-17)9-14(18)15-12-5-3-2-4-6-12/h2-6,11,13,17H,7-10H2,1H3,(H,15,18). The van der Waals surface area contributed by atoms with Gasteiger partial charge in [0, 0.05) is 11.7 Å². The molecule has 98 valence electrons. The highest BCUT2D eigenvalue weighted by atomic mass is 16.3. The van der Waals surface area contributed by atoms with Gasteiger partial charge in [-0.2, -0.15) is 0 Å². The van der Waals surface area contributed by atoms with E-state index in [1.54, 1.807) is 0 Å². The summed E-state index contributed by atoms with van der Waals surface area (Å²) in [6.45, 7) is 3.48. The maximum Gasteiger partial charge on any atom is 0.238 e. The van der Waals surface area contributed by atoms with Gasteiger partial charge in [-0.05, 0) is 31.0 Å². The zero-order chi connectivity index (χ0) is 13.0. The van der Waals surface area contributed by atoms with Crippen molar-refractivity contribution in [2.75, 3.05) is 25.0 Å². The fourth-order valence-electron chi connectivity index (χ4n) is 2.49. The first kappa shape index (κ1) is 13.1. The van der Waals surface area contributed by atoms with E-state index in [4.69, 9.17) is 0 Å². The fourth-order valence-corrected chi connectivity index (χ4v) is 2.49. The first-order valence-electron chi connectivity index (χ1n) is 6.40. The second kappa shape index (κ2) is 5.98. The molecule has 2 rings (SSSR count). The average Bonchev–Trinajstić information content (AvgIpc) is 2.71. The summed E-state index contributed by atoms with van der Waals surface area (Å²) in [5.41, 5.74) is 0.815. The van der Waals surface area contributed by atoms with Crippen molar-refractivity contribution in [3.8, 4) is 0 Å². The Labute approximate surface area is 108 Å². The maximum atomic E-state index is 11.9. The number of hydrogen-bond donors (Lipinski definition) is 2. The van der Waals surface area contributed by atoms with Crippen LogP contribution in [0.5, 0.6) is 0 Å². The summed E-state index contributed by atoms with van der Waals surface area (Å²) >= 11 is 0. The Morgan fingerprint density at radius 2 is 2.17 bits per heavy atom. The van der Waals surface area contributed by atoms with Crippen molar-refractivity contribution >= 4 is 11.6 Å². The van der Waals surface area contributed by atoms with Gasteiger partial charge in [-0.3, -0.25) is 9.69 Å². The number of amides is 1. The first-order chi connectivity index (χ1) is 8.70. The van der Waals surface area contributed by atoms with Gasteiger partial charge in [-0.1, -0.05) is 25.1 Å². The van der Waals surface area contributed by atoms with Crippen molar-refractivity contribution < 1.29 is 9.90 Å². The predicted molar refractivity (Wildman–Crippen MR) is 71.3 cm³/mol. The molecule has 18 heavy (non-hydrogen) atoms.